The molecule has 1 atom stereocenters. The van der Waals surface area contributed by atoms with E-state index in [9.17, 15) is 14.0 Å². The van der Waals surface area contributed by atoms with Crippen molar-refractivity contribution in [2.45, 2.75) is 56.9 Å². The first-order valence-electron chi connectivity index (χ1n) is 11.1. The maximum atomic E-state index is 13.5. The molecule has 9 heteroatoms. The summed E-state index contributed by atoms with van der Waals surface area (Å²) in [5.74, 6) is -0.280. The van der Waals surface area contributed by atoms with Gasteiger partial charge in [-0.1, -0.05) is 0 Å². The maximum absolute atomic E-state index is 13.5. The van der Waals surface area contributed by atoms with Crippen LogP contribution < -0.4 is 15.0 Å². The Labute approximate surface area is 185 Å². The smallest absolute Gasteiger partial charge is 0.289 e. The van der Waals surface area contributed by atoms with Gasteiger partial charge in [-0.2, -0.15) is 0 Å². The van der Waals surface area contributed by atoms with Crippen molar-refractivity contribution in [3.05, 3.63) is 41.4 Å². The van der Waals surface area contributed by atoms with Gasteiger partial charge in [0.05, 0.1) is 11.9 Å². The minimum absolute atomic E-state index is 0.0235. The van der Waals surface area contributed by atoms with Gasteiger partial charge in [0, 0.05) is 24.7 Å². The van der Waals surface area contributed by atoms with Crippen LogP contribution in [0.25, 0.3) is 0 Å². The van der Waals surface area contributed by atoms with E-state index in [2.05, 4.69) is 15.3 Å². The number of hydrogen-bond acceptors (Lipinski definition) is 6. The number of aryl methyl sites for hydroxylation is 1. The van der Waals surface area contributed by atoms with Gasteiger partial charge in [-0.25, -0.2) is 19.3 Å². The largest absolute Gasteiger partial charge is 0.487 e. The molecule has 0 spiro atoms. The number of likely N-dealkylation sites (N-methyl/N-ethyl adjacent to an activating group) is 1. The molecular formula is C23H26FN5O3. The first-order chi connectivity index (χ1) is 15.4. The summed E-state index contributed by atoms with van der Waals surface area (Å²) in [6.45, 7) is 1.85. The van der Waals surface area contributed by atoms with Crippen molar-refractivity contribution < 1.29 is 18.7 Å². The van der Waals surface area contributed by atoms with E-state index in [0.29, 0.717) is 0 Å². The van der Waals surface area contributed by atoms with Crippen LogP contribution in [0.1, 0.15) is 60.4 Å². The number of carbonyl (C=O) groups is 2. The highest BCUT2D eigenvalue weighted by atomic mass is 19.1. The lowest BCUT2D eigenvalue weighted by molar-refractivity contribution is -0.120. The van der Waals surface area contributed by atoms with Crippen LogP contribution >= 0.6 is 0 Å². The number of anilines is 1. The fraction of sp³-hybridized carbons (Fsp3) is 0.522. The number of aromatic nitrogens is 3. The summed E-state index contributed by atoms with van der Waals surface area (Å²) < 4.78 is 19.1. The van der Waals surface area contributed by atoms with Crippen molar-refractivity contribution >= 4 is 17.6 Å². The van der Waals surface area contributed by atoms with Gasteiger partial charge in [0.15, 0.2) is 11.6 Å². The van der Waals surface area contributed by atoms with Gasteiger partial charge in [0.2, 0.25) is 5.82 Å². The summed E-state index contributed by atoms with van der Waals surface area (Å²) in [5.41, 5.74) is 1.98. The molecule has 3 saturated carbocycles. The Bertz CT molecular complexity index is 1070. The molecule has 0 saturated heterocycles. The Balaban J connectivity index is 1.37. The Hall–Kier alpha value is -3.10. The van der Waals surface area contributed by atoms with Crippen LogP contribution in [0.5, 0.6) is 5.75 Å². The zero-order valence-electron chi connectivity index (χ0n) is 18.2. The van der Waals surface area contributed by atoms with E-state index < -0.39 is 23.7 Å². The standard InChI is InChI=1S/C23H26FN5O3/c1-13-10-25-19(28-18(13)23-6-3-14(4-7-23)5-8-23)21(30)27-16-12-32-17-9-15(24)11-26-20(17)29(2)22(16)31/h9-11,14,16H,3-8,12H2,1-2H3,(H,27,30)/t14?,16-,23?/m0/s1. The van der Waals surface area contributed by atoms with Crippen molar-refractivity contribution in [3.63, 3.8) is 0 Å². The quantitative estimate of drug-likeness (QED) is 0.790. The summed E-state index contributed by atoms with van der Waals surface area (Å²) in [6.07, 6.45) is 9.63. The van der Waals surface area contributed by atoms with E-state index in [1.54, 1.807) is 6.20 Å². The first kappa shape index (κ1) is 20.8. The van der Waals surface area contributed by atoms with Crippen molar-refractivity contribution in [1.82, 2.24) is 20.3 Å². The SMILES string of the molecule is Cc1cnc(C(=O)N[C@H]2COc3cc(F)cnc3N(C)C2=O)nc1C12CCC(CC1)CC2. The lowest BCUT2D eigenvalue weighted by atomic mass is 9.59. The molecule has 0 unspecified atom stereocenters. The number of hydrogen-bond donors (Lipinski definition) is 1. The lowest BCUT2D eigenvalue weighted by Crippen LogP contribution is -2.50. The Morgan fingerprint density at radius 3 is 2.66 bits per heavy atom. The van der Waals surface area contributed by atoms with E-state index in [1.165, 1.54) is 37.3 Å². The molecule has 2 bridgehead atoms. The Kier molecular flexibility index (Phi) is 5.06. The second kappa shape index (κ2) is 7.79. The molecule has 2 amide bonds. The van der Waals surface area contributed by atoms with Gasteiger partial charge >= 0.3 is 0 Å². The molecule has 3 heterocycles. The Morgan fingerprint density at radius 1 is 1.22 bits per heavy atom. The molecule has 2 aromatic heterocycles. The number of pyridine rings is 1. The number of amides is 2. The minimum Gasteiger partial charge on any atom is -0.487 e. The number of nitrogens with zero attached hydrogens (tertiary/aromatic N) is 4. The van der Waals surface area contributed by atoms with Gasteiger partial charge in [0.25, 0.3) is 11.8 Å². The summed E-state index contributed by atoms with van der Waals surface area (Å²) in [4.78, 5) is 40.0. The van der Waals surface area contributed by atoms with Gasteiger partial charge in [-0.15, -0.1) is 0 Å². The average molecular weight is 439 g/mol. The molecule has 32 heavy (non-hydrogen) atoms. The molecular weight excluding hydrogens is 413 g/mol. The van der Waals surface area contributed by atoms with Gasteiger partial charge < -0.3 is 10.1 Å². The third kappa shape index (κ3) is 3.49. The van der Waals surface area contributed by atoms with E-state index in [1.807, 2.05) is 6.92 Å². The molecule has 3 fully saturated rings. The van der Waals surface area contributed by atoms with Crippen LogP contribution in [0.15, 0.2) is 18.5 Å². The van der Waals surface area contributed by atoms with Crippen LogP contribution in [0.3, 0.4) is 0 Å². The van der Waals surface area contributed by atoms with Crippen LogP contribution in [0.4, 0.5) is 10.2 Å². The number of rotatable bonds is 3. The van der Waals surface area contributed by atoms with Crippen molar-refractivity contribution in [2.75, 3.05) is 18.6 Å². The monoisotopic (exact) mass is 439 g/mol. The maximum Gasteiger partial charge on any atom is 0.289 e. The van der Waals surface area contributed by atoms with Crippen molar-refractivity contribution in [1.29, 1.82) is 0 Å². The number of fused-ring (bicyclic) bond motifs is 4. The van der Waals surface area contributed by atoms with Gasteiger partial charge in [-0.05, 0) is 56.9 Å². The molecule has 1 aliphatic heterocycles. The molecule has 2 aromatic rings. The second-order valence-corrected chi connectivity index (χ2v) is 9.20. The topological polar surface area (TPSA) is 97.3 Å². The molecule has 3 aliphatic carbocycles. The van der Waals surface area contributed by atoms with Gasteiger partial charge in [0.1, 0.15) is 18.5 Å². The molecule has 0 radical (unpaired) electrons. The zero-order chi connectivity index (χ0) is 22.5. The number of ether oxygens (including phenoxy) is 1. The predicted molar refractivity (Wildman–Crippen MR) is 114 cm³/mol. The average Bonchev–Trinajstić information content (AvgIpc) is 2.92. The van der Waals surface area contributed by atoms with Crippen molar-refractivity contribution in [2.24, 2.45) is 5.92 Å². The molecule has 6 rings (SSSR count). The van der Waals surface area contributed by atoms with E-state index >= 15 is 0 Å². The summed E-state index contributed by atoms with van der Waals surface area (Å²) in [7, 11) is 1.51. The van der Waals surface area contributed by atoms with Crippen LogP contribution in [0, 0.1) is 18.7 Å². The fourth-order valence-electron chi connectivity index (χ4n) is 5.37. The molecule has 4 aliphatic rings. The summed E-state index contributed by atoms with van der Waals surface area (Å²) in [5, 5.41) is 2.69. The van der Waals surface area contributed by atoms with E-state index in [-0.39, 0.29) is 29.4 Å². The normalized spacial score (nSPS) is 26.8. The van der Waals surface area contributed by atoms with E-state index in [4.69, 9.17) is 9.72 Å². The highest BCUT2D eigenvalue weighted by Gasteiger charge is 2.43. The molecule has 0 aromatic carbocycles. The zero-order valence-corrected chi connectivity index (χ0v) is 18.2. The highest BCUT2D eigenvalue weighted by Crippen LogP contribution is 2.51. The third-order valence-corrected chi connectivity index (χ3v) is 7.23. The lowest BCUT2D eigenvalue weighted by Gasteiger charge is -2.46. The third-order valence-electron chi connectivity index (χ3n) is 7.23. The fourth-order valence-corrected chi connectivity index (χ4v) is 5.37. The molecule has 168 valence electrons. The first-order valence-corrected chi connectivity index (χ1v) is 11.1. The van der Waals surface area contributed by atoms with Crippen molar-refractivity contribution in [3.8, 4) is 5.75 Å². The highest BCUT2D eigenvalue weighted by molar-refractivity contribution is 6.01. The predicted octanol–water partition coefficient (Wildman–Crippen LogP) is 2.69. The summed E-state index contributed by atoms with van der Waals surface area (Å²) in [6, 6.07) is 0.200. The van der Waals surface area contributed by atoms with Gasteiger partial charge in [-0.3, -0.25) is 14.5 Å². The number of nitrogens with one attached hydrogen (secondary N) is 1. The van der Waals surface area contributed by atoms with Crippen LogP contribution in [-0.4, -0.2) is 46.5 Å². The van der Waals surface area contributed by atoms with Crippen LogP contribution in [-0.2, 0) is 10.2 Å². The number of carbonyl (C=O) groups excluding carboxylic acids is 2. The van der Waals surface area contributed by atoms with Crippen LogP contribution in [0.2, 0.25) is 0 Å². The minimum atomic E-state index is -0.971. The second-order valence-electron chi connectivity index (χ2n) is 9.20. The molecule has 1 N–H and O–H groups in total. The Morgan fingerprint density at radius 2 is 1.94 bits per heavy atom. The molecule has 8 nitrogen and oxygen atoms in total. The number of halogens is 1. The summed E-state index contributed by atoms with van der Waals surface area (Å²) >= 11 is 0. The van der Waals surface area contributed by atoms with E-state index in [0.717, 1.165) is 42.6 Å².